The molecule has 8 nitrogen and oxygen atoms in total. The molecule has 0 saturated heterocycles. The van der Waals surface area contributed by atoms with Crippen molar-refractivity contribution in [3.8, 4) is 5.75 Å². The Morgan fingerprint density at radius 1 is 1.09 bits per heavy atom. The number of nitrogens with one attached hydrogen (secondary N) is 1. The van der Waals surface area contributed by atoms with E-state index in [1.807, 2.05) is 37.3 Å². The van der Waals surface area contributed by atoms with Crippen LogP contribution in [0.1, 0.15) is 31.4 Å². The fourth-order valence-corrected chi connectivity index (χ4v) is 4.92. The zero-order valence-electron chi connectivity index (χ0n) is 18.9. The zero-order valence-corrected chi connectivity index (χ0v) is 19.7. The van der Waals surface area contributed by atoms with E-state index in [1.54, 1.807) is 31.2 Å². The van der Waals surface area contributed by atoms with Crippen molar-refractivity contribution in [2.24, 2.45) is 0 Å². The standard InChI is InChI=1S/C25H26N2O6S/c1-3-31-20-10-12-22(13-11-20)34(29,30)27(16-21-8-6-14-32-21)17-25(28)26-18(2)24-15-19-7-4-5-9-23(19)33-24/h4-15,18H,3,16-17H2,1-2H3,(H,26,28). The largest absolute Gasteiger partial charge is 0.494 e. The van der Waals surface area contributed by atoms with Crippen molar-refractivity contribution in [1.29, 1.82) is 0 Å². The third-order valence-electron chi connectivity index (χ3n) is 5.25. The van der Waals surface area contributed by atoms with E-state index in [9.17, 15) is 13.2 Å². The Bertz CT molecular complexity index is 1310. The first-order valence-corrected chi connectivity index (χ1v) is 12.3. The Kier molecular flexibility index (Phi) is 7.04. The van der Waals surface area contributed by atoms with Crippen molar-refractivity contribution >= 4 is 26.9 Å². The van der Waals surface area contributed by atoms with E-state index < -0.39 is 22.0 Å². The number of para-hydroxylation sites is 1. The van der Waals surface area contributed by atoms with Crippen LogP contribution in [0, 0.1) is 0 Å². The predicted molar refractivity (Wildman–Crippen MR) is 127 cm³/mol. The highest BCUT2D eigenvalue weighted by molar-refractivity contribution is 7.89. The molecule has 0 saturated carbocycles. The van der Waals surface area contributed by atoms with E-state index in [1.165, 1.54) is 18.4 Å². The Morgan fingerprint density at radius 2 is 1.85 bits per heavy atom. The van der Waals surface area contributed by atoms with Crippen LogP contribution in [0.3, 0.4) is 0 Å². The molecule has 1 N–H and O–H groups in total. The Hall–Kier alpha value is -3.56. The predicted octanol–water partition coefficient (Wildman–Crippen LogP) is 4.49. The van der Waals surface area contributed by atoms with Crippen molar-refractivity contribution in [2.45, 2.75) is 31.3 Å². The second kappa shape index (κ2) is 10.1. The number of hydrogen-bond acceptors (Lipinski definition) is 6. The van der Waals surface area contributed by atoms with E-state index in [2.05, 4.69) is 5.32 Å². The number of furan rings is 2. The van der Waals surface area contributed by atoms with Crippen molar-refractivity contribution in [3.63, 3.8) is 0 Å². The fourth-order valence-electron chi connectivity index (χ4n) is 3.56. The summed E-state index contributed by atoms with van der Waals surface area (Å²) in [6.07, 6.45) is 1.46. The second-order valence-electron chi connectivity index (χ2n) is 7.73. The SMILES string of the molecule is CCOc1ccc(S(=O)(=O)N(CC(=O)NC(C)c2cc3ccccc3o2)Cc2ccco2)cc1. The van der Waals surface area contributed by atoms with Gasteiger partial charge in [-0.15, -0.1) is 0 Å². The van der Waals surface area contributed by atoms with Crippen LogP contribution in [0.4, 0.5) is 0 Å². The highest BCUT2D eigenvalue weighted by Crippen LogP contribution is 2.24. The third kappa shape index (κ3) is 5.32. The van der Waals surface area contributed by atoms with Gasteiger partial charge in [-0.2, -0.15) is 4.31 Å². The summed E-state index contributed by atoms with van der Waals surface area (Å²) in [5, 5.41) is 3.75. The molecule has 2 aromatic carbocycles. The van der Waals surface area contributed by atoms with Crippen molar-refractivity contribution < 1.29 is 26.8 Å². The Morgan fingerprint density at radius 3 is 2.53 bits per heavy atom. The molecule has 0 aliphatic heterocycles. The molecule has 1 amide bonds. The first-order chi connectivity index (χ1) is 16.4. The summed E-state index contributed by atoms with van der Waals surface area (Å²) in [5.74, 6) is 1.11. The average molecular weight is 483 g/mol. The minimum atomic E-state index is -3.99. The molecule has 1 unspecified atom stereocenters. The number of sulfonamides is 1. The lowest BCUT2D eigenvalue weighted by atomic mass is 10.2. The maximum atomic E-state index is 13.4. The van der Waals surface area contributed by atoms with Crippen LogP contribution >= 0.6 is 0 Å². The third-order valence-corrected chi connectivity index (χ3v) is 7.06. The summed E-state index contributed by atoms with van der Waals surface area (Å²) in [6, 6.07) is 18.4. The highest BCUT2D eigenvalue weighted by Gasteiger charge is 2.28. The first kappa shape index (κ1) is 23.6. The smallest absolute Gasteiger partial charge is 0.243 e. The topological polar surface area (TPSA) is 102 Å². The summed E-state index contributed by atoms with van der Waals surface area (Å²) in [7, 11) is -3.99. The number of amides is 1. The molecule has 0 fully saturated rings. The van der Waals surface area contributed by atoms with Crippen molar-refractivity contribution in [2.75, 3.05) is 13.2 Å². The van der Waals surface area contributed by atoms with Gasteiger partial charge in [-0.3, -0.25) is 4.79 Å². The summed E-state index contributed by atoms with van der Waals surface area (Å²) in [5.41, 5.74) is 0.719. The molecule has 34 heavy (non-hydrogen) atoms. The van der Waals surface area contributed by atoms with Crippen LogP contribution in [-0.2, 0) is 21.4 Å². The van der Waals surface area contributed by atoms with E-state index >= 15 is 0 Å². The number of ether oxygens (including phenoxy) is 1. The van der Waals surface area contributed by atoms with Gasteiger partial charge < -0.3 is 18.9 Å². The first-order valence-electron chi connectivity index (χ1n) is 10.9. The van der Waals surface area contributed by atoms with Crippen LogP contribution in [0.2, 0.25) is 0 Å². The monoisotopic (exact) mass is 482 g/mol. The van der Waals surface area contributed by atoms with Crippen LogP contribution in [0.25, 0.3) is 11.0 Å². The van der Waals surface area contributed by atoms with Gasteiger partial charge in [0.05, 0.1) is 36.9 Å². The lowest BCUT2D eigenvalue weighted by Gasteiger charge is -2.22. The average Bonchev–Trinajstić information content (AvgIpc) is 3.49. The number of rotatable bonds is 10. The molecule has 4 rings (SSSR count). The fraction of sp³-hybridized carbons (Fsp3) is 0.240. The zero-order chi connectivity index (χ0) is 24.1. The minimum Gasteiger partial charge on any atom is -0.494 e. The second-order valence-corrected chi connectivity index (χ2v) is 9.67. The van der Waals surface area contributed by atoms with Crippen molar-refractivity contribution in [1.82, 2.24) is 9.62 Å². The van der Waals surface area contributed by atoms with Gasteiger partial charge in [0.2, 0.25) is 15.9 Å². The van der Waals surface area contributed by atoms with E-state index in [0.29, 0.717) is 23.9 Å². The van der Waals surface area contributed by atoms with Gasteiger partial charge in [0.1, 0.15) is 22.9 Å². The number of benzene rings is 2. The molecule has 0 spiro atoms. The normalized spacial score (nSPS) is 12.7. The molecule has 4 aromatic rings. The minimum absolute atomic E-state index is 0.0561. The summed E-state index contributed by atoms with van der Waals surface area (Å²) < 4.78 is 44.4. The van der Waals surface area contributed by atoms with Gasteiger partial charge in [0, 0.05) is 5.39 Å². The summed E-state index contributed by atoms with van der Waals surface area (Å²) >= 11 is 0. The molecular weight excluding hydrogens is 456 g/mol. The highest BCUT2D eigenvalue weighted by atomic mass is 32.2. The van der Waals surface area contributed by atoms with Gasteiger partial charge in [-0.1, -0.05) is 18.2 Å². The van der Waals surface area contributed by atoms with Crippen LogP contribution in [-0.4, -0.2) is 31.8 Å². The van der Waals surface area contributed by atoms with E-state index in [4.69, 9.17) is 13.6 Å². The maximum Gasteiger partial charge on any atom is 0.243 e. The van der Waals surface area contributed by atoms with Crippen LogP contribution in [0.5, 0.6) is 5.75 Å². The number of fused-ring (bicyclic) bond motifs is 1. The Labute approximate surface area is 198 Å². The molecule has 2 aromatic heterocycles. The van der Waals surface area contributed by atoms with Crippen LogP contribution in [0.15, 0.2) is 86.7 Å². The number of carbonyl (C=O) groups excluding carboxylic acids is 1. The molecule has 0 aliphatic carbocycles. The number of nitrogens with zero attached hydrogens (tertiary/aromatic N) is 1. The number of carbonyl (C=O) groups is 1. The number of hydrogen-bond donors (Lipinski definition) is 1. The van der Waals surface area contributed by atoms with Gasteiger partial charge >= 0.3 is 0 Å². The lowest BCUT2D eigenvalue weighted by molar-refractivity contribution is -0.122. The van der Waals surface area contributed by atoms with Gasteiger partial charge in [0.25, 0.3) is 0 Å². The van der Waals surface area contributed by atoms with Gasteiger partial charge in [-0.05, 0) is 62.4 Å². The molecule has 9 heteroatoms. The molecule has 178 valence electrons. The lowest BCUT2D eigenvalue weighted by Crippen LogP contribution is -2.41. The van der Waals surface area contributed by atoms with Crippen molar-refractivity contribution in [3.05, 3.63) is 84.5 Å². The quantitative estimate of drug-likeness (QED) is 0.357. The maximum absolute atomic E-state index is 13.4. The van der Waals surface area contributed by atoms with E-state index in [-0.39, 0.29) is 18.0 Å². The van der Waals surface area contributed by atoms with Gasteiger partial charge in [-0.25, -0.2) is 8.42 Å². The summed E-state index contributed by atoms with van der Waals surface area (Å²) in [4.78, 5) is 12.9. The van der Waals surface area contributed by atoms with Gasteiger partial charge in [0.15, 0.2) is 0 Å². The molecule has 0 aliphatic rings. The van der Waals surface area contributed by atoms with E-state index in [0.717, 1.165) is 15.3 Å². The molecule has 1 atom stereocenters. The summed E-state index contributed by atoms with van der Waals surface area (Å²) in [6.45, 7) is 3.63. The molecule has 0 radical (unpaired) electrons. The molecule has 2 heterocycles. The Balaban J connectivity index is 1.52. The molecule has 0 bridgehead atoms. The molecular formula is C25H26N2O6S. The van der Waals surface area contributed by atoms with Crippen LogP contribution < -0.4 is 10.1 Å².